The number of anilines is 1. The molecule has 1 unspecified atom stereocenters. The first-order chi connectivity index (χ1) is 6.79. The highest BCUT2D eigenvalue weighted by Gasteiger charge is 2.15. The summed E-state index contributed by atoms with van der Waals surface area (Å²) in [5.74, 6) is 0.779. The van der Waals surface area contributed by atoms with Gasteiger partial charge in [0.15, 0.2) is 0 Å². The molecule has 2 aromatic rings. The predicted octanol–water partition coefficient (Wildman–Crippen LogP) is 0.469. The number of H-pyrrole nitrogens is 1. The van der Waals surface area contributed by atoms with Crippen molar-refractivity contribution in [3.63, 3.8) is 0 Å². The van der Waals surface area contributed by atoms with E-state index in [0.717, 1.165) is 0 Å². The lowest BCUT2D eigenvalue weighted by atomic mass is 10.1. The molecule has 0 radical (unpaired) electrons. The number of aromatic nitrogens is 3. The van der Waals surface area contributed by atoms with E-state index in [4.69, 9.17) is 5.73 Å². The number of hydrogen-bond acceptors (Lipinski definition) is 4. The Hall–Kier alpha value is -1.88. The smallest absolute Gasteiger partial charge is 0.140 e. The Bertz CT molecular complexity index is 413. The van der Waals surface area contributed by atoms with Crippen molar-refractivity contribution in [1.29, 1.82) is 0 Å². The Kier molecular flexibility index (Phi) is 2.16. The number of nitrogens with one attached hydrogen (secondary N) is 1. The average molecular weight is 190 g/mol. The van der Waals surface area contributed by atoms with Gasteiger partial charge < -0.3 is 15.8 Å². The van der Waals surface area contributed by atoms with E-state index in [1.165, 1.54) is 0 Å². The van der Waals surface area contributed by atoms with Gasteiger partial charge in [0.2, 0.25) is 0 Å². The first-order valence-electron chi connectivity index (χ1n) is 4.17. The second-order valence-corrected chi connectivity index (χ2v) is 2.85. The van der Waals surface area contributed by atoms with E-state index in [1.54, 1.807) is 30.7 Å². The van der Waals surface area contributed by atoms with Crippen LogP contribution in [0.1, 0.15) is 17.5 Å². The van der Waals surface area contributed by atoms with Crippen molar-refractivity contribution >= 4 is 5.82 Å². The highest BCUT2D eigenvalue weighted by atomic mass is 16.3. The van der Waals surface area contributed by atoms with Crippen LogP contribution in [0.3, 0.4) is 0 Å². The summed E-state index contributed by atoms with van der Waals surface area (Å²) in [6.45, 7) is 0. The number of aliphatic hydroxyl groups is 1. The molecule has 0 aliphatic rings. The van der Waals surface area contributed by atoms with Crippen molar-refractivity contribution in [1.82, 2.24) is 15.0 Å². The van der Waals surface area contributed by atoms with E-state index in [-0.39, 0.29) is 0 Å². The number of imidazole rings is 1. The summed E-state index contributed by atoms with van der Waals surface area (Å²) in [5, 5.41) is 9.85. The summed E-state index contributed by atoms with van der Waals surface area (Å²) in [6.07, 6.45) is 3.95. The van der Waals surface area contributed by atoms with Gasteiger partial charge in [0.1, 0.15) is 17.7 Å². The highest BCUT2D eigenvalue weighted by molar-refractivity contribution is 5.42. The number of aliphatic hydroxyl groups excluding tert-OH is 1. The summed E-state index contributed by atoms with van der Waals surface area (Å²) in [5.41, 5.74) is 6.17. The lowest BCUT2D eigenvalue weighted by Crippen LogP contribution is -2.06. The fourth-order valence-electron chi connectivity index (χ4n) is 1.24. The van der Waals surface area contributed by atoms with E-state index in [9.17, 15) is 5.11 Å². The number of pyridine rings is 1. The topological polar surface area (TPSA) is 87.8 Å². The molecule has 14 heavy (non-hydrogen) atoms. The molecule has 0 bridgehead atoms. The normalized spacial score (nSPS) is 12.6. The van der Waals surface area contributed by atoms with Crippen molar-refractivity contribution < 1.29 is 5.11 Å². The van der Waals surface area contributed by atoms with E-state index in [2.05, 4.69) is 15.0 Å². The van der Waals surface area contributed by atoms with Crippen molar-refractivity contribution in [2.75, 3.05) is 5.73 Å². The number of hydrogen-bond donors (Lipinski definition) is 3. The fraction of sp³-hybridized carbons (Fsp3) is 0.111. The first kappa shape index (κ1) is 8.71. The monoisotopic (exact) mass is 190 g/mol. The van der Waals surface area contributed by atoms with Crippen LogP contribution >= 0.6 is 0 Å². The minimum Gasteiger partial charge on any atom is -0.383 e. The Balaban J connectivity index is 2.37. The lowest BCUT2D eigenvalue weighted by Gasteiger charge is -2.09. The van der Waals surface area contributed by atoms with Gasteiger partial charge >= 0.3 is 0 Å². The maximum Gasteiger partial charge on any atom is 0.140 e. The lowest BCUT2D eigenvalue weighted by molar-refractivity contribution is 0.211. The summed E-state index contributed by atoms with van der Waals surface area (Å²) in [4.78, 5) is 10.6. The molecule has 0 amide bonds. The summed E-state index contributed by atoms with van der Waals surface area (Å²) >= 11 is 0. The third-order valence-electron chi connectivity index (χ3n) is 1.94. The molecular formula is C9H10N4O. The standard InChI is InChI=1S/C9H10N4O/c10-8-6(2-1-3-11-8)7(14)9-12-4-5-13-9/h1-5,7,14H,(H2,10,11)(H,12,13). The summed E-state index contributed by atoms with van der Waals surface area (Å²) in [7, 11) is 0. The number of aromatic amines is 1. The molecule has 1 atom stereocenters. The molecule has 0 saturated heterocycles. The average Bonchev–Trinajstić information content (AvgIpc) is 2.70. The molecule has 0 saturated carbocycles. The number of nitrogens with two attached hydrogens (primary N) is 1. The van der Waals surface area contributed by atoms with Gasteiger partial charge in [-0.1, -0.05) is 6.07 Å². The van der Waals surface area contributed by atoms with Gasteiger partial charge in [-0.3, -0.25) is 0 Å². The molecule has 72 valence electrons. The molecule has 0 aliphatic carbocycles. The molecule has 0 fully saturated rings. The van der Waals surface area contributed by atoms with E-state index < -0.39 is 6.10 Å². The molecule has 2 aromatic heterocycles. The first-order valence-corrected chi connectivity index (χ1v) is 4.17. The van der Waals surface area contributed by atoms with E-state index >= 15 is 0 Å². The summed E-state index contributed by atoms with van der Waals surface area (Å²) in [6, 6.07) is 3.44. The molecule has 5 nitrogen and oxygen atoms in total. The zero-order chi connectivity index (χ0) is 9.97. The molecule has 2 rings (SSSR count). The van der Waals surface area contributed by atoms with Crippen molar-refractivity contribution in [3.8, 4) is 0 Å². The van der Waals surface area contributed by atoms with Gasteiger partial charge in [-0.25, -0.2) is 9.97 Å². The minimum atomic E-state index is -0.848. The van der Waals surface area contributed by atoms with Crippen LogP contribution in [0.2, 0.25) is 0 Å². The Morgan fingerprint density at radius 3 is 2.86 bits per heavy atom. The molecule has 0 aliphatic heterocycles. The van der Waals surface area contributed by atoms with Crippen LogP contribution in [0.15, 0.2) is 30.7 Å². The van der Waals surface area contributed by atoms with Gasteiger partial charge in [0, 0.05) is 24.2 Å². The molecule has 0 spiro atoms. The van der Waals surface area contributed by atoms with Gasteiger partial charge in [-0.2, -0.15) is 0 Å². The maximum absolute atomic E-state index is 9.85. The third-order valence-corrected chi connectivity index (χ3v) is 1.94. The van der Waals surface area contributed by atoms with Crippen LogP contribution < -0.4 is 5.73 Å². The second-order valence-electron chi connectivity index (χ2n) is 2.85. The van der Waals surface area contributed by atoms with Gasteiger partial charge in [-0.15, -0.1) is 0 Å². The molecule has 4 N–H and O–H groups in total. The van der Waals surface area contributed by atoms with Gasteiger partial charge in [-0.05, 0) is 6.07 Å². The molecule has 2 heterocycles. The summed E-state index contributed by atoms with van der Waals surface area (Å²) < 4.78 is 0. The Labute approximate surface area is 80.6 Å². The zero-order valence-corrected chi connectivity index (χ0v) is 7.38. The molecule has 5 heteroatoms. The molecular weight excluding hydrogens is 180 g/mol. The van der Waals surface area contributed by atoms with Crippen molar-refractivity contribution in [2.24, 2.45) is 0 Å². The Morgan fingerprint density at radius 2 is 2.21 bits per heavy atom. The fourth-order valence-corrected chi connectivity index (χ4v) is 1.24. The van der Waals surface area contributed by atoms with Gasteiger partial charge in [0.05, 0.1) is 0 Å². The maximum atomic E-state index is 9.85. The van der Waals surface area contributed by atoms with Crippen LogP contribution in [0.5, 0.6) is 0 Å². The second kappa shape index (κ2) is 3.47. The minimum absolute atomic E-state index is 0.316. The number of rotatable bonds is 2. The van der Waals surface area contributed by atoms with Crippen molar-refractivity contribution in [3.05, 3.63) is 42.1 Å². The zero-order valence-electron chi connectivity index (χ0n) is 7.38. The van der Waals surface area contributed by atoms with E-state index in [1.807, 2.05) is 0 Å². The number of nitrogen functional groups attached to an aromatic ring is 1. The predicted molar refractivity (Wildman–Crippen MR) is 51.3 cm³/mol. The third kappa shape index (κ3) is 1.45. The quantitative estimate of drug-likeness (QED) is 0.642. The van der Waals surface area contributed by atoms with Crippen LogP contribution in [0.4, 0.5) is 5.82 Å². The Morgan fingerprint density at radius 1 is 1.36 bits per heavy atom. The largest absolute Gasteiger partial charge is 0.383 e. The van der Waals surface area contributed by atoms with Gasteiger partial charge in [0.25, 0.3) is 0 Å². The van der Waals surface area contributed by atoms with Crippen molar-refractivity contribution in [2.45, 2.75) is 6.10 Å². The van der Waals surface area contributed by atoms with Crippen LogP contribution in [-0.2, 0) is 0 Å². The highest BCUT2D eigenvalue weighted by Crippen LogP contribution is 2.21. The van der Waals surface area contributed by atoms with Crippen LogP contribution in [0.25, 0.3) is 0 Å². The molecule has 0 aromatic carbocycles. The van der Waals surface area contributed by atoms with E-state index in [0.29, 0.717) is 17.2 Å². The number of nitrogens with zero attached hydrogens (tertiary/aromatic N) is 2. The SMILES string of the molecule is Nc1ncccc1C(O)c1ncc[nH]1. The van der Waals surface area contributed by atoms with Crippen LogP contribution in [-0.4, -0.2) is 20.1 Å². The van der Waals surface area contributed by atoms with Crippen LogP contribution in [0, 0.1) is 0 Å².